The first-order valence-electron chi connectivity index (χ1n) is 5.22. The van der Waals surface area contributed by atoms with Gasteiger partial charge in [0.2, 0.25) is 0 Å². The minimum atomic E-state index is -0.417. The van der Waals surface area contributed by atoms with Crippen molar-refractivity contribution in [2.75, 3.05) is 0 Å². The molecule has 1 atom stereocenters. The van der Waals surface area contributed by atoms with E-state index in [1.54, 1.807) is 19.1 Å². The molecule has 2 rings (SSSR count). The molecule has 18 heavy (non-hydrogen) atoms. The molecule has 0 aliphatic rings. The number of nitro benzene ring substituents is 1. The monoisotopic (exact) mass is 283 g/mol. The topological polar surface area (TPSA) is 68.9 Å². The van der Waals surface area contributed by atoms with Gasteiger partial charge in [-0.25, -0.2) is 0 Å². The van der Waals surface area contributed by atoms with Crippen molar-refractivity contribution in [1.82, 2.24) is 10.2 Å². The van der Waals surface area contributed by atoms with Crippen LogP contribution >= 0.6 is 22.9 Å². The summed E-state index contributed by atoms with van der Waals surface area (Å²) in [7, 11) is 0. The van der Waals surface area contributed by atoms with Gasteiger partial charge in [-0.3, -0.25) is 10.1 Å². The fourth-order valence-corrected chi connectivity index (χ4v) is 2.46. The molecule has 0 spiro atoms. The zero-order valence-corrected chi connectivity index (χ0v) is 11.3. The van der Waals surface area contributed by atoms with Crippen molar-refractivity contribution in [2.24, 2.45) is 0 Å². The molecular weight excluding hydrogens is 274 g/mol. The summed E-state index contributed by atoms with van der Waals surface area (Å²) >= 11 is 7.19. The van der Waals surface area contributed by atoms with Crippen LogP contribution in [0.2, 0.25) is 0 Å². The molecule has 1 aromatic heterocycles. The Morgan fingerprint density at radius 3 is 2.72 bits per heavy atom. The van der Waals surface area contributed by atoms with Crippen LogP contribution in [0, 0.1) is 17.0 Å². The van der Waals surface area contributed by atoms with Gasteiger partial charge in [-0.1, -0.05) is 17.4 Å². The van der Waals surface area contributed by atoms with Gasteiger partial charge >= 0.3 is 0 Å². The maximum Gasteiger partial charge on any atom is 0.279 e. The van der Waals surface area contributed by atoms with Crippen molar-refractivity contribution in [3.05, 3.63) is 38.9 Å². The molecule has 0 fully saturated rings. The highest BCUT2D eigenvalue weighted by Crippen LogP contribution is 2.35. The SMILES string of the molecule is Cc1ccc([N+](=O)[O-])c(-c2nnc(C(C)Cl)s2)c1. The smallest absolute Gasteiger partial charge is 0.258 e. The predicted octanol–water partition coefficient (Wildman–Crippen LogP) is 3.72. The average molecular weight is 284 g/mol. The maximum absolute atomic E-state index is 11.0. The molecule has 1 heterocycles. The molecule has 7 heteroatoms. The van der Waals surface area contributed by atoms with Crippen molar-refractivity contribution in [3.63, 3.8) is 0 Å². The van der Waals surface area contributed by atoms with Crippen molar-refractivity contribution in [2.45, 2.75) is 19.2 Å². The quantitative estimate of drug-likeness (QED) is 0.489. The van der Waals surface area contributed by atoms with E-state index in [0.29, 0.717) is 15.6 Å². The number of alkyl halides is 1. The first-order valence-corrected chi connectivity index (χ1v) is 6.47. The van der Waals surface area contributed by atoms with Gasteiger partial charge in [-0.15, -0.1) is 21.8 Å². The fourth-order valence-electron chi connectivity index (χ4n) is 1.48. The second-order valence-corrected chi connectivity index (χ2v) is 5.50. The lowest BCUT2D eigenvalue weighted by atomic mass is 10.1. The second kappa shape index (κ2) is 4.99. The molecule has 0 saturated carbocycles. The molecule has 0 radical (unpaired) electrons. The highest BCUT2D eigenvalue weighted by Gasteiger charge is 2.19. The summed E-state index contributed by atoms with van der Waals surface area (Å²) in [6.45, 7) is 3.66. The van der Waals surface area contributed by atoms with E-state index in [2.05, 4.69) is 10.2 Å². The van der Waals surface area contributed by atoms with Crippen LogP contribution in [0.5, 0.6) is 0 Å². The van der Waals surface area contributed by atoms with Gasteiger partial charge in [0.15, 0.2) is 5.01 Å². The summed E-state index contributed by atoms with van der Waals surface area (Å²) in [5.74, 6) is 0. The number of hydrogen-bond acceptors (Lipinski definition) is 5. The highest BCUT2D eigenvalue weighted by molar-refractivity contribution is 7.15. The van der Waals surface area contributed by atoms with E-state index in [1.807, 2.05) is 6.92 Å². The van der Waals surface area contributed by atoms with E-state index >= 15 is 0 Å². The molecule has 2 aromatic rings. The summed E-state index contributed by atoms with van der Waals surface area (Å²) in [4.78, 5) is 10.6. The Kier molecular flexibility index (Phi) is 3.58. The van der Waals surface area contributed by atoms with Gasteiger partial charge in [0, 0.05) is 6.07 Å². The standard InChI is InChI=1S/C11H10ClN3O2S/c1-6-3-4-9(15(16)17)8(5-6)11-14-13-10(18-11)7(2)12/h3-5,7H,1-2H3. The first-order chi connectivity index (χ1) is 8.49. The van der Waals surface area contributed by atoms with E-state index in [9.17, 15) is 10.1 Å². The molecule has 0 aliphatic heterocycles. The number of nitro groups is 1. The molecule has 0 saturated heterocycles. The van der Waals surface area contributed by atoms with E-state index < -0.39 is 4.92 Å². The zero-order chi connectivity index (χ0) is 13.3. The summed E-state index contributed by atoms with van der Waals surface area (Å²) in [5.41, 5.74) is 1.46. The molecular formula is C11H10ClN3O2S. The summed E-state index contributed by atoms with van der Waals surface area (Å²) in [6.07, 6.45) is 0. The molecule has 0 aliphatic carbocycles. The molecule has 94 valence electrons. The minimum Gasteiger partial charge on any atom is -0.258 e. The third-order valence-corrected chi connectivity index (χ3v) is 3.84. The Morgan fingerprint density at radius 2 is 2.17 bits per heavy atom. The molecule has 1 aromatic carbocycles. The number of nitrogens with zero attached hydrogens (tertiary/aromatic N) is 3. The number of hydrogen-bond donors (Lipinski definition) is 0. The van der Waals surface area contributed by atoms with Gasteiger partial charge in [0.05, 0.1) is 15.9 Å². The van der Waals surface area contributed by atoms with Crippen LogP contribution in [-0.2, 0) is 0 Å². The Bertz CT molecular complexity index is 598. The van der Waals surface area contributed by atoms with Gasteiger partial charge in [-0.05, 0) is 25.5 Å². The van der Waals surface area contributed by atoms with E-state index in [-0.39, 0.29) is 11.1 Å². The van der Waals surface area contributed by atoms with Gasteiger partial charge < -0.3 is 0 Å². The molecule has 5 nitrogen and oxygen atoms in total. The van der Waals surface area contributed by atoms with Crippen molar-refractivity contribution in [1.29, 1.82) is 0 Å². The maximum atomic E-state index is 11.0. The number of rotatable bonds is 3. The third-order valence-electron chi connectivity index (χ3n) is 2.36. The van der Waals surface area contributed by atoms with Crippen molar-refractivity contribution >= 4 is 28.6 Å². The number of benzene rings is 1. The lowest BCUT2D eigenvalue weighted by Gasteiger charge is -2.00. The van der Waals surface area contributed by atoms with E-state index in [1.165, 1.54) is 17.4 Å². The largest absolute Gasteiger partial charge is 0.279 e. The Balaban J connectivity index is 2.54. The fraction of sp³-hybridized carbons (Fsp3) is 0.273. The van der Waals surface area contributed by atoms with Crippen LogP contribution in [0.4, 0.5) is 5.69 Å². The van der Waals surface area contributed by atoms with Crippen LogP contribution < -0.4 is 0 Å². The van der Waals surface area contributed by atoms with Crippen LogP contribution in [0.3, 0.4) is 0 Å². The number of aromatic nitrogens is 2. The van der Waals surface area contributed by atoms with E-state index in [0.717, 1.165) is 5.56 Å². The van der Waals surface area contributed by atoms with E-state index in [4.69, 9.17) is 11.6 Å². The molecule has 0 amide bonds. The van der Waals surface area contributed by atoms with Gasteiger partial charge in [-0.2, -0.15) is 0 Å². The predicted molar refractivity (Wildman–Crippen MR) is 71.0 cm³/mol. The van der Waals surface area contributed by atoms with Gasteiger partial charge in [0.1, 0.15) is 5.01 Å². The molecule has 0 N–H and O–H groups in total. The van der Waals surface area contributed by atoms with Crippen molar-refractivity contribution < 1.29 is 4.92 Å². The second-order valence-electron chi connectivity index (χ2n) is 3.84. The Hall–Kier alpha value is -1.53. The minimum absolute atomic E-state index is 0.0329. The van der Waals surface area contributed by atoms with Crippen LogP contribution in [-0.4, -0.2) is 15.1 Å². The summed E-state index contributed by atoms with van der Waals surface area (Å²) < 4.78 is 0. The lowest BCUT2D eigenvalue weighted by molar-refractivity contribution is -0.384. The summed E-state index contributed by atoms with van der Waals surface area (Å²) in [5, 5.41) is 19.8. The van der Waals surface area contributed by atoms with Crippen molar-refractivity contribution in [3.8, 4) is 10.6 Å². The summed E-state index contributed by atoms with van der Waals surface area (Å²) in [6, 6.07) is 4.92. The molecule has 1 unspecified atom stereocenters. The normalized spacial score (nSPS) is 12.4. The Labute approximate surface area is 113 Å². The van der Waals surface area contributed by atoms with Crippen LogP contribution in [0.1, 0.15) is 22.9 Å². The zero-order valence-electron chi connectivity index (χ0n) is 9.75. The third kappa shape index (κ3) is 2.49. The Morgan fingerprint density at radius 1 is 1.44 bits per heavy atom. The average Bonchev–Trinajstić information content (AvgIpc) is 2.77. The van der Waals surface area contributed by atoms with Gasteiger partial charge in [0.25, 0.3) is 5.69 Å². The number of halogens is 1. The van der Waals surface area contributed by atoms with Crippen LogP contribution in [0.25, 0.3) is 10.6 Å². The van der Waals surface area contributed by atoms with Crippen LogP contribution in [0.15, 0.2) is 18.2 Å². The molecule has 0 bridgehead atoms. The first kappa shape index (κ1) is 12.9. The highest BCUT2D eigenvalue weighted by atomic mass is 35.5. The number of aryl methyl sites for hydroxylation is 1. The lowest BCUT2D eigenvalue weighted by Crippen LogP contribution is -1.92.